The van der Waals surface area contributed by atoms with Crippen LogP contribution in [0.15, 0.2) is 42.9 Å². The maximum absolute atomic E-state index is 6.04. The lowest BCUT2D eigenvalue weighted by atomic mass is 10.1. The summed E-state index contributed by atoms with van der Waals surface area (Å²) < 4.78 is 1.07. The molecule has 4 aromatic rings. The molecule has 4 heterocycles. The Labute approximate surface area is 153 Å². The average Bonchev–Trinajstić information content (AvgIpc) is 2.97. The molecule has 0 spiro atoms. The zero-order valence-electron chi connectivity index (χ0n) is 13.6. The molecule has 0 aliphatic carbocycles. The van der Waals surface area contributed by atoms with E-state index in [1.165, 1.54) is 0 Å². The van der Waals surface area contributed by atoms with Gasteiger partial charge in [-0.3, -0.25) is 4.98 Å². The minimum absolute atomic E-state index is 0.460. The molecule has 0 radical (unpaired) electrons. The van der Waals surface area contributed by atoms with Gasteiger partial charge in [0.05, 0.1) is 9.71 Å². The molecular weight excluding hydrogens is 354 g/mol. The Kier molecular flexibility index (Phi) is 4.07. The summed E-state index contributed by atoms with van der Waals surface area (Å²) in [6.45, 7) is 3.95. The zero-order chi connectivity index (χ0) is 17.4. The number of nitrogens with zero attached hydrogens (tertiary/aromatic N) is 4. The van der Waals surface area contributed by atoms with E-state index >= 15 is 0 Å². The maximum Gasteiger partial charge on any atom is 0.157 e. The predicted octanol–water partition coefficient (Wildman–Crippen LogP) is 5.16. The number of hydrogen-bond acceptors (Lipinski definition) is 6. The number of aryl methyl sites for hydroxylation is 2. The molecule has 5 nitrogen and oxygen atoms in total. The second-order valence-corrected chi connectivity index (χ2v) is 7.20. The van der Waals surface area contributed by atoms with Gasteiger partial charge in [-0.2, -0.15) is 0 Å². The van der Waals surface area contributed by atoms with Crippen LogP contribution < -0.4 is 5.32 Å². The summed E-state index contributed by atoms with van der Waals surface area (Å²) in [7, 11) is 0. The normalized spacial score (nSPS) is 11.0. The minimum Gasteiger partial charge on any atom is -0.338 e. The molecular formula is C18H14ClN5S. The molecule has 0 amide bonds. The van der Waals surface area contributed by atoms with E-state index in [0.717, 1.165) is 43.6 Å². The molecule has 0 unspecified atom stereocenters. The number of fused-ring (bicyclic) bond motifs is 1. The van der Waals surface area contributed by atoms with Crippen molar-refractivity contribution in [2.45, 2.75) is 13.8 Å². The van der Waals surface area contributed by atoms with Crippen LogP contribution in [-0.4, -0.2) is 19.9 Å². The molecule has 0 saturated heterocycles. The lowest BCUT2D eigenvalue weighted by Gasteiger charge is -2.09. The first-order valence-corrected chi connectivity index (χ1v) is 8.87. The van der Waals surface area contributed by atoms with Crippen LogP contribution in [0.3, 0.4) is 0 Å². The van der Waals surface area contributed by atoms with E-state index in [1.807, 2.05) is 44.3 Å². The van der Waals surface area contributed by atoms with Crippen molar-refractivity contribution in [3.63, 3.8) is 0 Å². The SMILES string of the molecule is Cc1cc(Nc2ncc(-c3ccnc(Cl)c3)c3sc(C)nc23)ccn1. The maximum atomic E-state index is 6.04. The van der Waals surface area contributed by atoms with Crippen LogP contribution in [0.1, 0.15) is 10.7 Å². The Morgan fingerprint density at radius 2 is 1.88 bits per heavy atom. The van der Waals surface area contributed by atoms with E-state index in [9.17, 15) is 0 Å². The highest BCUT2D eigenvalue weighted by molar-refractivity contribution is 7.19. The van der Waals surface area contributed by atoms with Crippen molar-refractivity contribution < 1.29 is 0 Å². The Bertz CT molecular complexity index is 1080. The smallest absolute Gasteiger partial charge is 0.157 e. The van der Waals surface area contributed by atoms with Gasteiger partial charge in [0, 0.05) is 35.5 Å². The highest BCUT2D eigenvalue weighted by Crippen LogP contribution is 2.36. The Morgan fingerprint density at radius 1 is 1.04 bits per heavy atom. The lowest BCUT2D eigenvalue weighted by Crippen LogP contribution is -1.96. The molecule has 4 aromatic heterocycles. The fraction of sp³-hybridized carbons (Fsp3) is 0.111. The third-order valence-electron chi connectivity index (χ3n) is 3.72. The molecule has 0 bridgehead atoms. The Balaban J connectivity index is 1.84. The first-order chi connectivity index (χ1) is 12.1. The van der Waals surface area contributed by atoms with Gasteiger partial charge >= 0.3 is 0 Å². The third kappa shape index (κ3) is 3.18. The van der Waals surface area contributed by atoms with Gasteiger partial charge in [0.1, 0.15) is 10.7 Å². The van der Waals surface area contributed by atoms with E-state index in [1.54, 1.807) is 23.7 Å². The first-order valence-electron chi connectivity index (χ1n) is 7.68. The van der Waals surface area contributed by atoms with Crippen LogP contribution in [0, 0.1) is 13.8 Å². The average molecular weight is 368 g/mol. The van der Waals surface area contributed by atoms with Crippen molar-refractivity contribution in [3.05, 3.63) is 58.7 Å². The zero-order valence-corrected chi connectivity index (χ0v) is 15.2. The van der Waals surface area contributed by atoms with Crippen molar-refractivity contribution in [2.75, 3.05) is 5.32 Å². The highest BCUT2D eigenvalue weighted by Gasteiger charge is 2.14. The summed E-state index contributed by atoms with van der Waals surface area (Å²) in [5.74, 6) is 0.730. The summed E-state index contributed by atoms with van der Waals surface area (Å²) in [6, 6.07) is 7.66. The van der Waals surface area contributed by atoms with Crippen molar-refractivity contribution in [2.24, 2.45) is 0 Å². The monoisotopic (exact) mass is 367 g/mol. The van der Waals surface area contributed by atoms with Gasteiger partial charge in [-0.15, -0.1) is 11.3 Å². The van der Waals surface area contributed by atoms with Crippen LogP contribution in [0.2, 0.25) is 5.15 Å². The van der Waals surface area contributed by atoms with Gasteiger partial charge in [0.25, 0.3) is 0 Å². The molecule has 4 rings (SSSR count). The second-order valence-electron chi connectivity index (χ2n) is 5.61. The van der Waals surface area contributed by atoms with E-state index in [2.05, 4.69) is 25.3 Å². The standard InChI is InChI=1S/C18H14ClN5S/c1-10-7-13(4-6-20-10)24-18-16-17(25-11(2)23-16)14(9-22-18)12-3-5-21-15(19)8-12/h3-9H,1-2H3,(H,20,22,24). The van der Waals surface area contributed by atoms with Crippen LogP contribution in [0.25, 0.3) is 21.3 Å². The van der Waals surface area contributed by atoms with Crippen molar-refractivity contribution >= 4 is 44.7 Å². The van der Waals surface area contributed by atoms with E-state index in [0.29, 0.717) is 5.15 Å². The molecule has 0 aliphatic rings. The molecule has 0 atom stereocenters. The number of halogens is 1. The number of hydrogen-bond donors (Lipinski definition) is 1. The largest absolute Gasteiger partial charge is 0.338 e. The highest BCUT2D eigenvalue weighted by atomic mass is 35.5. The Morgan fingerprint density at radius 3 is 2.68 bits per heavy atom. The summed E-state index contributed by atoms with van der Waals surface area (Å²) >= 11 is 7.68. The van der Waals surface area contributed by atoms with Crippen molar-refractivity contribution in [3.8, 4) is 11.1 Å². The van der Waals surface area contributed by atoms with Gasteiger partial charge in [-0.25, -0.2) is 15.0 Å². The summed E-state index contributed by atoms with van der Waals surface area (Å²) in [6.07, 6.45) is 5.32. The van der Waals surface area contributed by atoms with Crippen molar-refractivity contribution in [1.29, 1.82) is 0 Å². The van der Waals surface area contributed by atoms with Gasteiger partial charge in [0.15, 0.2) is 5.82 Å². The third-order valence-corrected chi connectivity index (χ3v) is 4.93. The van der Waals surface area contributed by atoms with E-state index in [-0.39, 0.29) is 0 Å². The van der Waals surface area contributed by atoms with Crippen LogP contribution in [-0.2, 0) is 0 Å². The van der Waals surface area contributed by atoms with Crippen LogP contribution >= 0.6 is 22.9 Å². The van der Waals surface area contributed by atoms with E-state index in [4.69, 9.17) is 11.6 Å². The number of pyridine rings is 3. The number of anilines is 2. The Hall–Kier alpha value is -2.57. The summed E-state index contributed by atoms with van der Waals surface area (Å²) in [5, 5.41) is 4.79. The molecule has 25 heavy (non-hydrogen) atoms. The molecule has 0 saturated carbocycles. The lowest BCUT2D eigenvalue weighted by molar-refractivity contribution is 1.20. The fourth-order valence-corrected chi connectivity index (χ4v) is 3.77. The molecule has 0 fully saturated rings. The topological polar surface area (TPSA) is 63.6 Å². The van der Waals surface area contributed by atoms with Gasteiger partial charge in [-0.05, 0) is 43.7 Å². The van der Waals surface area contributed by atoms with Crippen molar-refractivity contribution in [1.82, 2.24) is 19.9 Å². The molecule has 0 aliphatic heterocycles. The van der Waals surface area contributed by atoms with Gasteiger partial charge < -0.3 is 5.32 Å². The number of aromatic nitrogens is 4. The first kappa shape index (κ1) is 15.9. The van der Waals surface area contributed by atoms with Crippen LogP contribution in [0.4, 0.5) is 11.5 Å². The summed E-state index contributed by atoms with van der Waals surface area (Å²) in [5.41, 5.74) is 4.71. The van der Waals surface area contributed by atoms with E-state index < -0.39 is 0 Å². The van der Waals surface area contributed by atoms with Gasteiger partial charge in [-0.1, -0.05) is 11.6 Å². The number of thiazole rings is 1. The fourth-order valence-electron chi connectivity index (χ4n) is 2.65. The number of nitrogens with one attached hydrogen (secondary N) is 1. The second kappa shape index (κ2) is 6.38. The molecule has 124 valence electrons. The van der Waals surface area contributed by atoms with Crippen LogP contribution in [0.5, 0.6) is 0 Å². The molecule has 0 aromatic carbocycles. The molecule has 7 heteroatoms. The quantitative estimate of drug-likeness (QED) is 0.506. The van der Waals surface area contributed by atoms with Gasteiger partial charge in [0.2, 0.25) is 0 Å². The number of rotatable bonds is 3. The minimum atomic E-state index is 0.460. The molecule has 1 N–H and O–H groups in total. The predicted molar refractivity (Wildman–Crippen MR) is 103 cm³/mol. The summed E-state index contributed by atoms with van der Waals surface area (Å²) in [4.78, 5) is 17.5.